The van der Waals surface area contributed by atoms with E-state index in [0.717, 1.165) is 11.3 Å². The third kappa shape index (κ3) is 2.35. The highest BCUT2D eigenvalue weighted by molar-refractivity contribution is 6.32. The first-order valence-electron chi connectivity index (χ1n) is 5.83. The summed E-state index contributed by atoms with van der Waals surface area (Å²) < 4.78 is 7.52. The van der Waals surface area contributed by atoms with Gasteiger partial charge in [-0.1, -0.05) is 23.7 Å². The van der Waals surface area contributed by atoms with Crippen molar-refractivity contribution in [3.05, 3.63) is 59.5 Å². The summed E-state index contributed by atoms with van der Waals surface area (Å²) in [6.07, 6.45) is 3.79. The minimum Gasteiger partial charge on any atom is -0.486 e. The molecule has 0 unspecified atom stereocenters. The van der Waals surface area contributed by atoms with Gasteiger partial charge in [-0.25, -0.2) is 4.98 Å². The Labute approximate surface area is 115 Å². The molecule has 3 aromatic rings. The van der Waals surface area contributed by atoms with Crippen molar-refractivity contribution in [2.24, 2.45) is 0 Å². The highest BCUT2D eigenvalue weighted by Crippen LogP contribution is 2.24. The molecule has 2 aromatic heterocycles. The number of ether oxygens (including phenoxy) is 1. The van der Waals surface area contributed by atoms with Gasteiger partial charge in [0, 0.05) is 12.4 Å². The Morgan fingerprint density at radius 3 is 2.84 bits per heavy atom. The second-order valence-corrected chi connectivity index (χ2v) is 4.55. The van der Waals surface area contributed by atoms with Crippen LogP contribution in [0, 0.1) is 0 Å². The van der Waals surface area contributed by atoms with Crippen LogP contribution in [0.4, 0.5) is 5.69 Å². The van der Waals surface area contributed by atoms with E-state index in [1.54, 1.807) is 6.07 Å². The normalized spacial score (nSPS) is 10.8. The van der Waals surface area contributed by atoms with Gasteiger partial charge in [0.25, 0.3) is 0 Å². The van der Waals surface area contributed by atoms with Crippen LogP contribution in [0.25, 0.3) is 5.65 Å². The van der Waals surface area contributed by atoms with Crippen LogP contribution in [0.2, 0.25) is 5.02 Å². The van der Waals surface area contributed by atoms with E-state index >= 15 is 0 Å². The minimum atomic E-state index is 0.352. The molecule has 0 atom stereocenters. The molecule has 1 aromatic carbocycles. The molecule has 2 heterocycles. The van der Waals surface area contributed by atoms with E-state index in [1.165, 1.54) is 0 Å². The molecule has 0 saturated heterocycles. The highest BCUT2D eigenvalue weighted by atomic mass is 35.5. The second-order valence-electron chi connectivity index (χ2n) is 4.15. The van der Waals surface area contributed by atoms with Crippen molar-refractivity contribution in [1.82, 2.24) is 9.38 Å². The summed E-state index contributed by atoms with van der Waals surface area (Å²) in [4.78, 5) is 4.43. The van der Waals surface area contributed by atoms with Crippen LogP contribution >= 0.6 is 11.6 Å². The maximum absolute atomic E-state index is 6.02. The number of para-hydroxylation sites is 1. The van der Waals surface area contributed by atoms with Gasteiger partial charge >= 0.3 is 0 Å². The number of imidazole rings is 1. The summed E-state index contributed by atoms with van der Waals surface area (Å²) in [7, 11) is 0. The molecule has 0 aliphatic heterocycles. The van der Waals surface area contributed by atoms with Gasteiger partial charge in [0.2, 0.25) is 0 Å². The fourth-order valence-corrected chi connectivity index (χ4v) is 2.06. The Hall–Kier alpha value is -2.20. The summed E-state index contributed by atoms with van der Waals surface area (Å²) in [6.45, 7) is 0.352. The molecule has 2 N–H and O–H groups in total. The van der Waals surface area contributed by atoms with Crippen molar-refractivity contribution in [3.63, 3.8) is 0 Å². The number of fused-ring (bicyclic) bond motifs is 1. The molecule has 0 aliphatic rings. The van der Waals surface area contributed by atoms with Crippen LogP contribution in [-0.2, 0) is 6.61 Å². The molecule has 0 fully saturated rings. The Kier molecular flexibility index (Phi) is 3.01. The lowest BCUT2D eigenvalue weighted by Gasteiger charge is -2.05. The summed E-state index contributed by atoms with van der Waals surface area (Å²) in [5.74, 6) is 0.647. The summed E-state index contributed by atoms with van der Waals surface area (Å²) in [6, 6.07) is 11.1. The predicted molar refractivity (Wildman–Crippen MR) is 75.4 cm³/mol. The summed E-state index contributed by atoms with van der Waals surface area (Å²) in [5, 5.41) is 0.589. The smallest absolute Gasteiger partial charge is 0.160 e. The molecular weight excluding hydrogens is 262 g/mol. The first-order chi connectivity index (χ1) is 9.24. The zero-order valence-electron chi connectivity index (χ0n) is 10.1. The van der Waals surface area contributed by atoms with Gasteiger partial charge in [0.1, 0.15) is 12.4 Å². The molecule has 0 amide bonds. The van der Waals surface area contributed by atoms with Crippen LogP contribution < -0.4 is 10.5 Å². The molecular formula is C14H12ClN3O. The maximum atomic E-state index is 6.02. The lowest BCUT2D eigenvalue weighted by molar-refractivity contribution is 0.302. The third-order valence-corrected chi connectivity index (χ3v) is 3.09. The first kappa shape index (κ1) is 11.9. The number of aromatic nitrogens is 2. The van der Waals surface area contributed by atoms with E-state index in [2.05, 4.69) is 4.98 Å². The monoisotopic (exact) mass is 273 g/mol. The molecule has 96 valence electrons. The fourth-order valence-electron chi connectivity index (χ4n) is 1.87. The van der Waals surface area contributed by atoms with Crippen LogP contribution in [0.5, 0.6) is 5.75 Å². The van der Waals surface area contributed by atoms with E-state index in [1.807, 2.05) is 47.1 Å². The van der Waals surface area contributed by atoms with Gasteiger partial charge in [0.15, 0.2) is 5.65 Å². The number of nitrogen functional groups attached to an aromatic ring is 1. The molecule has 0 saturated carbocycles. The molecule has 0 radical (unpaired) electrons. The van der Waals surface area contributed by atoms with Crippen LogP contribution in [0.15, 0.2) is 48.8 Å². The summed E-state index contributed by atoms with van der Waals surface area (Å²) in [5.41, 5.74) is 8.04. The number of nitrogens with two attached hydrogens (primary N) is 1. The average Bonchev–Trinajstić information content (AvgIpc) is 2.82. The number of hydrogen-bond donors (Lipinski definition) is 1. The SMILES string of the molecule is Nc1cccn2cc(COc3ccccc3Cl)nc12. The standard InChI is InChI=1S/C14H12ClN3O/c15-11-4-1-2-6-13(11)19-9-10-8-18-7-3-5-12(16)14(18)17-10/h1-8H,9,16H2. The van der Waals surface area contributed by atoms with Crippen LogP contribution in [0.3, 0.4) is 0 Å². The first-order valence-corrected chi connectivity index (χ1v) is 6.21. The van der Waals surface area contributed by atoms with Gasteiger partial charge in [-0.05, 0) is 24.3 Å². The van der Waals surface area contributed by atoms with Gasteiger partial charge < -0.3 is 14.9 Å². The Bertz CT molecular complexity index is 724. The Balaban J connectivity index is 1.83. The number of rotatable bonds is 3. The largest absolute Gasteiger partial charge is 0.486 e. The highest BCUT2D eigenvalue weighted by Gasteiger charge is 2.06. The average molecular weight is 274 g/mol. The van der Waals surface area contributed by atoms with E-state index in [0.29, 0.717) is 23.1 Å². The number of anilines is 1. The number of halogens is 1. The fraction of sp³-hybridized carbons (Fsp3) is 0.0714. The lowest BCUT2D eigenvalue weighted by atomic mass is 10.3. The van der Waals surface area contributed by atoms with Crippen molar-refractivity contribution in [2.45, 2.75) is 6.61 Å². The third-order valence-electron chi connectivity index (χ3n) is 2.78. The molecule has 5 heteroatoms. The van der Waals surface area contributed by atoms with Crippen molar-refractivity contribution in [1.29, 1.82) is 0 Å². The topological polar surface area (TPSA) is 52.5 Å². The second kappa shape index (κ2) is 4.82. The van der Waals surface area contributed by atoms with Crippen molar-refractivity contribution in [3.8, 4) is 5.75 Å². The summed E-state index contributed by atoms with van der Waals surface area (Å²) >= 11 is 6.02. The quantitative estimate of drug-likeness (QED) is 0.797. The number of nitrogens with zero attached hydrogens (tertiary/aromatic N) is 2. The zero-order chi connectivity index (χ0) is 13.2. The number of hydrogen-bond acceptors (Lipinski definition) is 3. The van der Waals surface area contributed by atoms with Crippen molar-refractivity contribution < 1.29 is 4.74 Å². The van der Waals surface area contributed by atoms with Crippen molar-refractivity contribution in [2.75, 3.05) is 5.73 Å². The molecule has 0 aliphatic carbocycles. The lowest BCUT2D eigenvalue weighted by Crippen LogP contribution is -1.96. The molecule has 19 heavy (non-hydrogen) atoms. The van der Waals surface area contributed by atoms with E-state index in [4.69, 9.17) is 22.1 Å². The van der Waals surface area contributed by atoms with Crippen LogP contribution in [0.1, 0.15) is 5.69 Å². The van der Waals surface area contributed by atoms with Crippen LogP contribution in [-0.4, -0.2) is 9.38 Å². The van der Waals surface area contributed by atoms with Gasteiger partial charge in [0.05, 0.1) is 16.4 Å². The predicted octanol–water partition coefficient (Wildman–Crippen LogP) is 3.15. The van der Waals surface area contributed by atoms with Gasteiger partial charge in [-0.2, -0.15) is 0 Å². The van der Waals surface area contributed by atoms with E-state index in [-0.39, 0.29) is 0 Å². The minimum absolute atomic E-state index is 0.352. The molecule has 0 bridgehead atoms. The zero-order valence-corrected chi connectivity index (χ0v) is 10.8. The van der Waals surface area contributed by atoms with Gasteiger partial charge in [-0.3, -0.25) is 0 Å². The number of benzene rings is 1. The molecule has 4 nitrogen and oxygen atoms in total. The number of pyridine rings is 1. The van der Waals surface area contributed by atoms with E-state index in [9.17, 15) is 0 Å². The van der Waals surface area contributed by atoms with Gasteiger partial charge in [-0.15, -0.1) is 0 Å². The van der Waals surface area contributed by atoms with E-state index < -0.39 is 0 Å². The molecule has 3 rings (SSSR count). The van der Waals surface area contributed by atoms with Crippen molar-refractivity contribution >= 4 is 22.9 Å². The Morgan fingerprint density at radius 2 is 2.05 bits per heavy atom. The molecule has 0 spiro atoms. The Morgan fingerprint density at radius 1 is 1.21 bits per heavy atom. The maximum Gasteiger partial charge on any atom is 0.160 e.